The van der Waals surface area contributed by atoms with Crippen molar-refractivity contribution in [3.63, 3.8) is 0 Å². The van der Waals surface area contributed by atoms with E-state index in [9.17, 15) is 8.42 Å². The Hall–Kier alpha value is -1.64. The van der Waals surface area contributed by atoms with Crippen molar-refractivity contribution in [1.29, 1.82) is 0 Å². The van der Waals surface area contributed by atoms with Gasteiger partial charge in [-0.3, -0.25) is 4.99 Å². The summed E-state index contributed by atoms with van der Waals surface area (Å²) >= 11 is 0. The van der Waals surface area contributed by atoms with Gasteiger partial charge in [0.2, 0.25) is 10.0 Å². The second-order valence-electron chi connectivity index (χ2n) is 5.10. The average Bonchev–Trinajstić information content (AvgIpc) is 2.59. The molecule has 0 aliphatic heterocycles. The SMILES string of the molecule is CCOCCCNC(=NC)NCCS(=O)(=O)NCc1ccccc1. The first kappa shape index (κ1) is 20.4. The highest BCUT2D eigenvalue weighted by Gasteiger charge is 2.10. The van der Waals surface area contributed by atoms with Crippen LogP contribution in [0.1, 0.15) is 18.9 Å². The fourth-order valence-corrected chi connectivity index (χ4v) is 2.81. The van der Waals surface area contributed by atoms with Crippen LogP contribution < -0.4 is 15.4 Å². The summed E-state index contributed by atoms with van der Waals surface area (Å²) in [7, 11) is -1.68. The van der Waals surface area contributed by atoms with E-state index in [1.54, 1.807) is 7.05 Å². The predicted molar refractivity (Wildman–Crippen MR) is 97.5 cm³/mol. The molecule has 3 N–H and O–H groups in total. The topological polar surface area (TPSA) is 91.8 Å². The van der Waals surface area contributed by atoms with E-state index in [0.717, 1.165) is 18.5 Å². The maximum absolute atomic E-state index is 12.0. The number of hydrogen-bond acceptors (Lipinski definition) is 4. The van der Waals surface area contributed by atoms with Crippen molar-refractivity contribution in [3.05, 3.63) is 35.9 Å². The molecule has 24 heavy (non-hydrogen) atoms. The van der Waals surface area contributed by atoms with Crippen molar-refractivity contribution in [1.82, 2.24) is 15.4 Å². The van der Waals surface area contributed by atoms with Crippen LogP contribution in [0, 0.1) is 0 Å². The Labute approximate surface area is 145 Å². The third kappa shape index (κ3) is 9.49. The largest absolute Gasteiger partial charge is 0.382 e. The lowest BCUT2D eigenvalue weighted by molar-refractivity contribution is 0.145. The minimum absolute atomic E-state index is 0.0144. The van der Waals surface area contributed by atoms with Crippen LogP contribution in [0.4, 0.5) is 0 Å². The van der Waals surface area contributed by atoms with Gasteiger partial charge in [-0.1, -0.05) is 30.3 Å². The van der Waals surface area contributed by atoms with Crippen LogP contribution in [0.5, 0.6) is 0 Å². The van der Waals surface area contributed by atoms with Crippen molar-refractivity contribution < 1.29 is 13.2 Å². The Balaban J connectivity index is 2.23. The van der Waals surface area contributed by atoms with Gasteiger partial charge in [0.15, 0.2) is 5.96 Å². The third-order valence-corrected chi connectivity index (χ3v) is 4.51. The van der Waals surface area contributed by atoms with Crippen LogP contribution in [0.25, 0.3) is 0 Å². The highest BCUT2D eigenvalue weighted by Crippen LogP contribution is 1.98. The number of hydrogen-bond donors (Lipinski definition) is 3. The molecule has 8 heteroatoms. The zero-order valence-electron chi connectivity index (χ0n) is 14.4. The second kappa shape index (κ2) is 11.8. The van der Waals surface area contributed by atoms with Crippen molar-refractivity contribution >= 4 is 16.0 Å². The zero-order valence-corrected chi connectivity index (χ0v) is 15.2. The van der Waals surface area contributed by atoms with E-state index >= 15 is 0 Å². The monoisotopic (exact) mass is 356 g/mol. The van der Waals surface area contributed by atoms with Gasteiger partial charge in [-0.05, 0) is 18.9 Å². The molecule has 0 radical (unpaired) electrons. The highest BCUT2D eigenvalue weighted by molar-refractivity contribution is 7.89. The molecule has 0 heterocycles. The third-order valence-electron chi connectivity index (χ3n) is 3.19. The Bertz CT molecular complexity index is 576. The maximum Gasteiger partial charge on any atom is 0.213 e. The zero-order chi connectivity index (χ0) is 17.7. The number of nitrogens with zero attached hydrogens (tertiary/aromatic N) is 1. The highest BCUT2D eigenvalue weighted by atomic mass is 32.2. The molecule has 1 aromatic carbocycles. The van der Waals surface area contributed by atoms with Crippen molar-refractivity contribution in [3.8, 4) is 0 Å². The molecule has 0 unspecified atom stereocenters. The molecular weight excluding hydrogens is 328 g/mol. The fraction of sp³-hybridized carbons (Fsp3) is 0.562. The molecule has 0 atom stereocenters. The van der Waals surface area contributed by atoms with Crippen LogP contribution >= 0.6 is 0 Å². The van der Waals surface area contributed by atoms with E-state index in [4.69, 9.17) is 4.74 Å². The molecule has 0 saturated heterocycles. The summed E-state index contributed by atoms with van der Waals surface area (Å²) in [6.45, 7) is 4.67. The maximum atomic E-state index is 12.0. The Morgan fingerprint density at radius 2 is 1.88 bits per heavy atom. The summed E-state index contributed by atoms with van der Waals surface area (Å²) in [6.07, 6.45) is 0.867. The predicted octanol–water partition coefficient (Wildman–Crippen LogP) is 0.698. The summed E-state index contributed by atoms with van der Waals surface area (Å²) in [5.41, 5.74) is 0.931. The van der Waals surface area contributed by atoms with Gasteiger partial charge in [0.1, 0.15) is 0 Å². The van der Waals surface area contributed by atoms with Gasteiger partial charge in [-0.2, -0.15) is 0 Å². The molecule has 7 nitrogen and oxygen atoms in total. The minimum Gasteiger partial charge on any atom is -0.382 e. The van der Waals surface area contributed by atoms with Crippen LogP contribution in [-0.2, 0) is 21.3 Å². The van der Waals surface area contributed by atoms with E-state index in [1.165, 1.54) is 0 Å². The molecule has 136 valence electrons. The second-order valence-corrected chi connectivity index (χ2v) is 7.03. The first-order chi connectivity index (χ1) is 11.6. The summed E-state index contributed by atoms with van der Waals surface area (Å²) in [4.78, 5) is 4.06. The standard InChI is InChI=1S/C16H28N4O3S/c1-3-23-12-7-10-18-16(17-2)19-11-13-24(21,22)20-14-15-8-5-4-6-9-15/h4-6,8-9,20H,3,7,10-14H2,1-2H3,(H2,17,18,19). The van der Waals surface area contributed by atoms with Crippen molar-refractivity contribution in [2.45, 2.75) is 19.9 Å². The lowest BCUT2D eigenvalue weighted by atomic mass is 10.2. The van der Waals surface area contributed by atoms with E-state index < -0.39 is 10.0 Å². The van der Waals surface area contributed by atoms with Crippen molar-refractivity contribution in [2.24, 2.45) is 4.99 Å². The lowest BCUT2D eigenvalue weighted by Gasteiger charge is -2.12. The molecule has 0 fully saturated rings. The average molecular weight is 356 g/mol. The number of rotatable bonds is 11. The molecule has 0 bridgehead atoms. The summed E-state index contributed by atoms with van der Waals surface area (Å²) in [5, 5.41) is 6.11. The Morgan fingerprint density at radius 1 is 1.17 bits per heavy atom. The number of aliphatic imine (C=N–C) groups is 1. The van der Waals surface area contributed by atoms with Gasteiger partial charge in [0.25, 0.3) is 0 Å². The van der Waals surface area contributed by atoms with Crippen LogP contribution in [0.3, 0.4) is 0 Å². The normalized spacial score (nSPS) is 12.2. The van der Waals surface area contributed by atoms with E-state index in [-0.39, 0.29) is 12.3 Å². The van der Waals surface area contributed by atoms with Crippen LogP contribution in [0.15, 0.2) is 35.3 Å². The quantitative estimate of drug-likeness (QED) is 0.308. The van der Waals surface area contributed by atoms with Gasteiger partial charge in [-0.15, -0.1) is 0 Å². The summed E-state index contributed by atoms with van der Waals surface area (Å²) in [6, 6.07) is 9.43. The first-order valence-electron chi connectivity index (χ1n) is 8.11. The van der Waals surface area contributed by atoms with Crippen molar-refractivity contribution in [2.75, 3.05) is 39.1 Å². The van der Waals surface area contributed by atoms with E-state index in [1.807, 2.05) is 37.3 Å². The van der Waals surface area contributed by atoms with Gasteiger partial charge in [0.05, 0.1) is 5.75 Å². The van der Waals surface area contributed by atoms with E-state index in [2.05, 4.69) is 20.3 Å². The van der Waals surface area contributed by atoms with E-state index in [0.29, 0.717) is 25.7 Å². The number of ether oxygens (including phenoxy) is 1. The minimum atomic E-state index is -3.33. The molecule has 0 spiro atoms. The molecule has 0 aromatic heterocycles. The molecule has 0 amide bonds. The number of sulfonamides is 1. The Kier molecular flexibility index (Phi) is 10.1. The lowest BCUT2D eigenvalue weighted by Crippen LogP contribution is -2.41. The van der Waals surface area contributed by atoms with Gasteiger partial charge in [-0.25, -0.2) is 13.1 Å². The molecular formula is C16H28N4O3S. The van der Waals surface area contributed by atoms with Gasteiger partial charge < -0.3 is 15.4 Å². The molecule has 1 rings (SSSR count). The van der Waals surface area contributed by atoms with Gasteiger partial charge in [0, 0.05) is 39.9 Å². The number of benzene rings is 1. The first-order valence-corrected chi connectivity index (χ1v) is 9.76. The number of guanidine groups is 1. The summed E-state index contributed by atoms with van der Waals surface area (Å²) < 4.78 is 31.8. The fourth-order valence-electron chi connectivity index (χ4n) is 1.91. The molecule has 0 aliphatic carbocycles. The number of nitrogens with one attached hydrogen (secondary N) is 3. The smallest absolute Gasteiger partial charge is 0.213 e. The Morgan fingerprint density at radius 3 is 2.54 bits per heavy atom. The van der Waals surface area contributed by atoms with Crippen LogP contribution in [0.2, 0.25) is 0 Å². The molecule has 1 aromatic rings. The van der Waals surface area contributed by atoms with Crippen LogP contribution in [-0.4, -0.2) is 53.5 Å². The summed E-state index contributed by atoms with van der Waals surface area (Å²) in [5.74, 6) is 0.573. The molecule has 0 aliphatic rings. The van der Waals surface area contributed by atoms with Gasteiger partial charge >= 0.3 is 0 Å². The molecule has 0 saturated carbocycles.